The number of hydrogen-bond donors (Lipinski definition) is 1. The van der Waals surface area contributed by atoms with Crippen LogP contribution < -0.4 is 5.32 Å². The molecule has 1 heterocycles. The first-order valence-electron chi connectivity index (χ1n) is 6.27. The van der Waals surface area contributed by atoms with E-state index in [1.165, 1.54) is 23.7 Å². The zero-order valence-corrected chi connectivity index (χ0v) is 12.0. The quantitative estimate of drug-likeness (QED) is 0.419. The summed E-state index contributed by atoms with van der Waals surface area (Å²) in [4.78, 5) is 11.5. The Morgan fingerprint density at radius 3 is 2.81 bits per heavy atom. The molecule has 0 aromatic carbocycles. The van der Waals surface area contributed by atoms with Crippen molar-refractivity contribution in [3.63, 3.8) is 0 Å². The lowest BCUT2D eigenvalue weighted by molar-refractivity contribution is -0.123. The molecule has 3 nitrogen and oxygen atoms in total. The lowest BCUT2D eigenvalue weighted by atomic mass is 10.1. The molecule has 0 aromatic rings. The molecular weight excluding hydrogens is 317 g/mol. The molecular formula is C12H22INO2. The molecule has 1 saturated heterocycles. The van der Waals surface area contributed by atoms with Gasteiger partial charge in [0.15, 0.2) is 0 Å². The lowest BCUT2D eigenvalue weighted by Crippen LogP contribution is -2.28. The van der Waals surface area contributed by atoms with Gasteiger partial charge in [-0.2, -0.15) is 0 Å². The second kappa shape index (κ2) is 9.22. The molecule has 1 fully saturated rings. The van der Waals surface area contributed by atoms with Crippen molar-refractivity contribution in [3.05, 3.63) is 0 Å². The summed E-state index contributed by atoms with van der Waals surface area (Å²) < 4.78 is 6.66. The Balaban J connectivity index is 1.89. The number of carbonyl (C=O) groups excluding carboxylic acids is 1. The Morgan fingerprint density at radius 1 is 1.31 bits per heavy atom. The number of carbonyl (C=O) groups is 1. The van der Waals surface area contributed by atoms with Crippen molar-refractivity contribution >= 4 is 28.5 Å². The fourth-order valence-electron chi connectivity index (χ4n) is 1.89. The van der Waals surface area contributed by atoms with Crippen LogP contribution in [0.15, 0.2) is 0 Å². The predicted octanol–water partition coefficient (Wildman–Crippen LogP) is 2.67. The number of rotatable bonds is 8. The van der Waals surface area contributed by atoms with E-state index >= 15 is 0 Å². The molecule has 16 heavy (non-hydrogen) atoms. The first-order valence-corrected chi connectivity index (χ1v) is 7.79. The van der Waals surface area contributed by atoms with Gasteiger partial charge in [-0.15, -0.1) is 0 Å². The van der Waals surface area contributed by atoms with Gasteiger partial charge in [-0.05, 0) is 30.1 Å². The van der Waals surface area contributed by atoms with E-state index in [0.717, 1.165) is 32.4 Å². The molecule has 94 valence electrons. The molecule has 0 aliphatic carbocycles. The number of unbranched alkanes of at least 4 members (excludes halogenated alkanes) is 3. The first kappa shape index (κ1) is 14.2. The van der Waals surface area contributed by atoms with Crippen LogP contribution in [0.1, 0.15) is 44.9 Å². The topological polar surface area (TPSA) is 38.3 Å². The predicted molar refractivity (Wildman–Crippen MR) is 74.0 cm³/mol. The van der Waals surface area contributed by atoms with Crippen LogP contribution in [-0.2, 0) is 9.53 Å². The van der Waals surface area contributed by atoms with Crippen molar-refractivity contribution in [1.82, 2.24) is 5.32 Å². The molecule has 1 N–H and O–H groups in total. The maximum Gasteiger partial charge on any atom is 0.222 e. The normalized spacial score (nSPS) is 19.9. The summed E-state index contributed by atoms with van der Waals surface area (Å²) in [5, 5.41) is 2.97. The Hall–Kier alpha value is 0.160. The number of ether oxygens (including phenoxy) is 1. The minimum Gasteiger partial charge on any atom is -0.378 e. The summed E-state index contributed by atoms with van der Waals surface area (Å²) in [7, 11) is 0. The van der Waals surface area contributed by atoms with E-state index in [-0.39, 0.29) is 12.0 Å². The average Bonchev–Trinajstić information content (AvgIpc) is 2.76. The minimum atomic E-state index is 0.154. The monoisotopic (exact) mass is 339 g/mol. The molecule has 1 rings (SSSR count). The lowest BCUT2D eigenvalue weighted by Gasteiger charge is -2.09. The molecule has 0 bridgehead atoms. The van der Waals surface area contributed by atoms with Gasteiger partial charge in [-0.3, -0.25) is 4.79 Å². The SMILES string of the molecule is O=C(CC1CCCO1)NCCCCCCI. The summed E-state index contributed by atoms with van der Waals surface area (Å²) in [6.45, 7) is 1.65. The summed E-state index contributed by atoms with van der Waals surface area (Å²) in [6, 6.07) is 0. The standard InChI is InChI=1S/C12H22INO2/c13-7-3-1-2-4-8-14-12(15)10-11-6-5-9-16-11/h11H,1-10H2,(H,14,15). The third-order valence-electron chi connectivity index (χ3n) is 2.82. The highest BCUT2D eigenvalue weighted by Crippen LogP contribution is 2.14. The number of hydrogen-bond acceptors (Lipinski definition) is 2. The second-order valence-corrected chi connectivity index (χ2v) is 5.37. The van der Waals surface area contributed by atoms with Gasteiger partial charge in [0.1, 0.15) is 0 Å². The summed E-state index contributed by atoms with van der Waals surface area (Å²) in [5.74, 6) is 0.154. The largest absolute Gasteiger partial charge is 0.378 e. The van der Waals surface area contributed by atoms with Crippen LogP contribution in [0.4, 0.5) is 0 Å². The van der Waals surface area contributed by atoms with Crippen molar-refractivity contribution in [2.24, 2.45) is 0 Å². The van der Waals surface area contributed by atoms with E-state index in [0.29, 0.717) is 6.42 Å². The van der Waals surface area contributed by atoms with Crippen LogP contribution >= 0.6 is 22.6 Å². The Bertz CT molecular complexity index is 193. The van der Waals surface area contributed by atoms with Crippen LogP contribution in [0.2, 0.25) is 0 Å². The van der Waals surface area contributed by atoms with E-state index in [2.05, 4.69) is 27.9 Å². The molecule has 1 unspecified atom stereocenters. The van der Waals surface area contributed by atoms with Gasteiger partial charge in [-0.1, -0.05) is 35.4 Å². The molecule has 0 saturated carbocycles. The highest BCUT2D eigenvalue weighted by atomic mass is 127. The van der Waals surface area contributed by atoms with Crippen LogP contribution in [0.25, 0.3) is 0 Å². The molecule has 1 atom stereocenters. The van der Waals surface area contributed by atoms with Gasteiger partial charge in [0.05, 0.1) is 12.5 Å². The zero-order valence-electron chi connectivity index (χ0n) is 9.84. The number of alkyl halides is 1. The minimum absolute atomic E-state index is 0.154. The molecule has 1 aliphatic heterocycles. The van der Waals surface area contributed by atoms with E-state index in [1.807, 2.05) is 0 Å². The highest BCUT2D eigenvalue weighted by molar-refractivity contribution is 14.1. The van der Waals surface area contributed by atoms with Gasteiger partial charge >= 0.3 is 0 Å². The molecule has 0 aromatic heterocycles. The third kappa shape index (κ3) is 6.68. The second-order valence-electron chi connectivity index (χ2n) is 4.29. The van der Waals surface area contributed by atoms with E-state index < -0.39 is 0 Å². The maximum atomic E-state index is 11.5. The molecule has 0 radical (unpaired) electrons. The number of amides is 1. The van der Waals surface area contributed by atoms with Gasteiger partial charge < -0.3 is 10.1 Å². The van der Waals surface area contributed by atoms with Crippen molar-refractivity contribution in [2.75, 3.05) is 17.6 Å². The zero-order chi connectivity index (χ0) is 11.6. The first-order chi connectivity index (χ1) is 7.83. The molecule has 0 spiro atoms. The van der Waals surface area contributed by atoms with Gasteiger partial charge in [-0.25, -0.2) is 0 Å². The number of halogens is 1. The van der Waals surface area contributed by atoms with Crippen LogP contribution in [0.5, 0.6) is 0 Å². The Morgan fingerprint density at radius 2 is 2.12 bits per heavy atom. The summed E-state index contributed by atoms with van der Waals surface area (Å²) in [6.07, 6.45) is 7.79. The van der Waals surface area contributed by atoms with E-state index in [4.69, 9.17) is 4.74 Å². The average molecular weight is 339 g/mol. The Labute approximate surface area is 112 Å². The smallest absolute Gasteiger partial charge is 0.222 e. The van der Waals surface area contributed by atoms with Gasteiger partial charge in [0.2, 0.25) is 5.91 Å². The van der Waals surface area contributed by atoms with Gasteiger partial charge in [0, 0.05) is 13.2 Å². The summed E-state index contributed by atoms with van der Waals surface area (Å²) >= 11 is 2.40. The van der Waals surface area contributed by atoms with Crippen molar-refractivity contribution in [2.45, 2.75) is 51.0 Å². The van der Waals surface area contributed by atoms with Crippen LogP contribution in [-0.4, -0.2) is 29.6 Å². The van der Waals surface area contributed by atoms with Crippen molar-refractivity contribution < 1.29 is 9.53 Å². The molecule has 4 heteroatoms. The van der Waals surface area contributed by atoms with Crippen molar-refractivity contribution in [3.8, 4) is 0 Å². The Kier molecular flexibility index (Phi) is 8.19. The fourth-order valence-corrected chi connectivity index (χ4v) is 2.42. The fraction of sp³-hybridized carbons (Fsp3) is 0.917. The third-order valence-corrected chi connectivity index (χ3v) is 3.58. The molecule has 1 aliphatic rings. The van der Waals surface area contributed by atoms with E-state index in [1.54, 1.807) is 0 Å². The maximum absolute atomic E-state index is 11.5. The number of nitrogens with one attached hydrogen (secondary N) is 1. The van der Waals surface area contributed by atoms with Crippen molar-refractivity contribution in [1.29, 1.82) is 0 Å². The van der Waals surface area contributed by atoms with Crippen LogP contribution in [0.3, 0.4) is 0 Å². The summed E-state index contributed by atoms with van der Waals surface area (Å²) in [5.41, 5.74) is 0. The highest BCUT2D eigenvalue weighted by Gasteiger charge is 2.18. The van der Waals surface area contributed by atoms with Crippen LogP contribution in [0, 0.1) is 0 Å². The van der Waals surface area contributed by atoms with Gasteiger partial charge in [0.25, 0.3) is 0 Å². The molecule has 1 amide bonds. The van der Waals surface area contributed by atoms with E-state index in [9.17, 15) is 4.79 Å².